The third kappa shape index (κ3) is 4.87. The number of nitrogens with one attached hydrogen (secondary N) is 1. The Labute approximate surface area is 172 Å². The molecule has 6 heteroatoms. The van der Waals surface area contributed by atoms with Crippen LogP contribution >= 0.6 is 11.6 Å². The highest BCUT2D eigenvalue weighted by molar-refractivity contribution is 6.30. The Kier molecular flexibility index (Phi) is 6.22. The van der Waals surface area contributed by atoms with Crippen molar-refractivity contribution < 1.29 is 9.59 Å². The fraction of sp³-hybridized carbons (Fsp3) is 0.636. The van der Waals surface area contributed by atoms with E-state index in [1.54, 1.807) is 0 Å². The van der Waals surface area contributed by atoms with Crippen molar-refractivity contribution in [1.29, 1.82) is 0 Å². The zero-order valence-electron chi connectivity index (χ0n) is 16.4. The number of carbonyl (C=O) groups excluding carboxylic acids is 2. The van der Waals surface area contributed by atoms with Crippen LogP contribution in [-0.4, -0.2) is 53.8 Å². The monoisotopic (exact) mass is 403 g/mol. The second kappa shape index (κ2) is 8.83. The minimum Gasteiger partial charge on any atom is -0.352 e. The van der Waals surface area contributed by atoms with E-state index in [2.05, 4.69) is 15.1 Å². The Bertz CT molecular complexity index is 696. The van der Waals surface area contributed by atoms with Crippen molar-refractivity contribution in [3.63, 3.8) is 0 Å². The van der Waals surface area contributed by atoms with E-state index in [0.29, 0.717) is 29.4 Å². The van der Waals surface area contributed by atoms with Crippen LogP contribution in [0.2, 0.25) is 5.02 Å². The molecule has 1 atom stereocenters. The lowest BCUT2D eigenvalue weighted by Gasteiger charge is -2.42. The van der Waals surface area contributed by atoms with E-state index in [1.807, 2.05) is 24.3 Å². The topological polar surface area (TPSA) is 52.7 Å². The second-order valence-electron chi connectivity index (χ2n) is 8.51. The molecule has 0 radical (unpaired) electrons. The Morgan fingerprint density at radius 2 is 1.68 bits per heavy atom. The van der Waals surface area contributed by atoms with Crippen molar-refractivity contribution in [2.24, 2.45) is 11.8 Å². The number of piperidine rings is 2. The first kappa shape index (κ1) is 19.7. The third-order valence-corrected chi connectivity index (χ3v) is 6.67. The Balaban J connectivity index is 1.24. The van der Waals surface area contributed by atoms with E-state index in [0.717, 1.165) is 70.3 Å². The number of halogens is 1. The number of hydrogen-bond donors (Lipinski definition) is 1. The molecule has 1 aromatic carbocycles. The van der Waals surface area contributed by atoms with E-state index >= 15 is 0 Å². The van der Waals surface area contributed by atoms with Gasteiger partial charge in [-0.15, -0.1) is 0 Å². The Hall–Kier alpha value is -1.59. The number of carbonyl (C=O) groups is 2. The predicted octanol–water partition coefficient (Wildman–Crippen LogP) is 3.07. The van der Waals surface area contributed by atoms with Crippen molar-refractivity contribution in [2.45, 2.75) is 51.1 Å². The molecule has 1 aliphatic carbocycles. The van der Waals surface area contributed by atoms with Crippen LogP contribution in [-0.2, 0) is 16.1 Å². The van der Waals surface area contributed by atoms with Gasteiger partial charge in [0.2, 0.25) is 11.8 Å². The van der Waals surface area contributed by atoms with Gasteiger partial charge in [-0.25, -0.2) is 0 Å². The maximum absolute atomic E-state index is 12.7. The van der Waals surface area contributed by atoms with E-state index in [-0.39, 0.29) is 11.8 Å². The van der Waals surface area contributed by atoms with Crippen molar-refractivity contribution in [3.8, 4) is 0 Å². The normalized spacial score (nSPS) is 24.2. The average molecular weight is 404 g/mol. The van der Waals surface area contributed by atoms with Gasteiger partial charge in [0.1, 0.15) is 0 Å². The maximum atomic E-state index is 12.7. The number of likely N-dealkylation sites (tertiary alicyclic amines) is 2. The van der Waals surface area contributed by atoms with Crippen LogP contribution in [0, 0.1) is 11.8 Å². The smallest absolute Gasteiger partial charge is 0.225 e. The quantitative estimate of drug-likeness (QED) is 0.822. The van der Waals surface area contributed by atoms with Crippen LogP contribution in [0.5, 0.6) is 0 Å². The third-order valence-electron chi connectivity index (χ3n) is 6.42. The van der Waals surface area contributed by atoms with Gasteiger partial charge in [0, 0.05) is 43.2 Å². The lowest BCUT2D eigenvalue weighted by Crippen LogP contribution is -2.51. The van der Waals surface area contributed by atoms with Gasteiger partial charge in [-0.05, 0) is 62.8 Å². The first-order valence-corrected chi connectivity index (χ1v) is 11.0. The van der Waals surface area contributed by atoms with Crippen molar-refractivity contribution in [1.82, 2.24) is 15.1 Å². The lowest BCUT2D eigenvalue weighted by molar-refractivity contribution is -0.134. The zero-order valence-corrected chi connectivity index (χ0v) is 17.2. The molecule has 152 valence electrons. The molecule has 1 aromatic rings. The van der Waals surface area contributed by atoms with Gasteiger partial charge in [-0.1, -0.05) is 23.7 Å². The molecule has 1 N–H and O–H groups in total. The summed E-state index contributed by atoms with van der Waals surface area (Å²) in [5.41, 5.74) is 1.07. The summed E-state index contributed by atoms with van der Waals surface area (Å²) in [4.78, 5) is 29.5. The van der Waals surface area contributed by atoms with Gasteiger partial charge in [0.05, 0.1) is 5.92 Å². The fourth-order valence-corrected chi connectivity index (χ4v) is 4.65. The molecule has 3 aliphatic rings. The Morgan fingerprint density at radius 3 is 2.36 bits per heavy atom. The summed E-state index contributed by atoms with van der Waals surface area (Å²) in [5.74, 6) is 0.907. The fourth-order valence-electron chi connectivity index (χ4n) is 4.53. The summed E-state index contributed by atoms with van der Waals surface area (Å²) in [6.45, 7) is 4.22. The van der Waals surface area contributed by atoms with Crippen molar-refractivity contribution in [3.05, 3.63) is 34.9 Å². The summed E-state index contributed by atoms with van der Waals surface area (Å²) in [6, 6.07) is 8.12. The molecule has 0 unspecified atom stereocenters. The maximum Gasteiger partial charge on any atom is 0.225 e. The molecule has 2 amide bonds. The first-order chi connectivity index (χ1) is 13.6. The predicted molar refractivity (Wildman–Crippen MR) is 110 cm³/mol. The van der Waals surface area contributed by atoms with Gasteiger partial charge >= 0.3 is 0 Å². The summed E-state index contributed by atoms with van der Waals surface area (Å²) in [6.07, 6.45) is 6.27. The molecule has 0 bridgehead atoms. The standard InChI is InChI=1S/C22H30ClN3O2/c23-19-7-3-16(4-8-19)14-24-21(27)18-2-1-11-26(15-18)20-9-12-25(13-10-20)22(28)17-5-6-17/h3-4,7-8,17-18,20H,1-2,5-6,9-15H2,(H,24,27)/t18-/m0/s1. The van der Waals surface area contributed by atoms with Gasteiger partial charge in [0.15, 0.2) is 0 Å². The largest absolute Gasteiger partial charge is 0.352 e. The highest BCUT2D eigenvalue weighted by atomic mass is 35.5. The van der Waals surface area contributed by atoms with Crippen LogP contribution < -0.4 is 5.32 Å². The highest BCUT2D eigenvalue weighted by Gasteiger charge is 2.37. The summed E-state index contributed by atoms with van der Waals surface area (Å²) >= 11 is 5.92. The SMILES string of the molecule is O=C(NCc1ccc(Cl)cc1)[C@H]1CCCN(C2CCN(C(=O)C3CC3)CC2)C1. The lowest BCUT2D eigenvalue weighted by atomic mass is 9.93. The molecule has 2 heterocycles. The number of benzene rings is 1. The highest BCUT2D eigenvalue weighted by Crippen LogP contribution is 2.32. The van der Waals surface area contributed by atoms with Crippen LogP contribution in [0.3, 0.4) is 0 Å². The molecule has 3 fully saturated rings. The van der Waals surface area contributed by atoms with Crippen LogP contribution in [0.25, 0.3) is 0 Å². The molecule has 2 saturated heterocycles. The minimum atomic E-state index is 0.0622. The van der Waals surface area contributed by atoms with Gasteiger partial charge in [-0.2, -0.15) is 0 Å². The summed E-state index contributed by atoms with van der Waals surface area (Å²) in [5, 5.41) is 3.80. The van der Waals surface area contributed by atoms with E-state index < -0.39 is 0 Å². The molecule has 5 nitrogen and oxygen atoms in total. The number of nitrogens with zero attached hydrogens (tertiary/aromatic N) is 2. The van der Waals surface area contributed by atoms with Gasteiger partial charge < -0.3 is 10.2 Å². The molecular weight excluding hydrogens is 374 g/mol. The molecule has 0 spiro atoms. The zero-order chi connectivity index (χ0) is 19.5. The van der Waals surface area contributed by atoms with Gasteiger partial charge in [0.25, 0.3) is 0 Å². The molecule has 0 aromatic heterocycles. The molecule has 1 saturated carbocycles. The summed E-state index contributed by atoms with van der Waals surface area (Å²) < 4.78 is 0. The average Bonchev–Trinajstić information content (AvgIpc) is 3.58. The number of amides is 2. The molecular formula is C22H30ClN3O2. The summed E-state index contributed by atoms with van der Waals surface area (Å²) in [7, 11) is 0. The first-order valence-electron chi connectivity index (χ1n) is 10.6. The van der Waals surface area contributed by atoms with Crippen molar-refractivity contribution >= 4 is 23.4 Å². The second-order valence-corrected chi connectivity index (χ2v) is 8.95. The van der Waals surface area contributed by atoms with Crippen molar-refractivity contribution in [2.75, 3.05) is 26.2 Å². The minimum absolute atomic E-state index is 0.0622. The van der Waals surface area contributed by atoms with Gasteiger partial charge in [-0.3, -0.25) is 14.5 Å². The number of hydrogen-bond acceptors (Lipinski definition) is 3. The van der Waals surface area contributed by atoms with Crippen LogP contribution in [0.15, 0.2) is 24.3 Å². The Morgan fingerprint density at radius 1 is 0.964 bits per heavy atom. The molecule has 28 heavy (non-hydrogen) atoms. The van der Waals surface area contributed by atoms with E-state index in [9.17, 15) is 9.59 Å². The number of rotatable bonds is 5. The molecule has 2 aliphatic heterocycles. The van der Waals surface area contributed by atoms with Crippen LogP contribution in [0.4, 0.5) is 0 Å². The van der Waals surface area contributed by atoms with E-state index in [4.69, 9.17) is 11.6 Å². The molecule has 4 rings (SSSR count). The van der Waals surface area contributed by atoms with E-state index in [1.165, 1.54) is 0 Å². The van der Waals surface area contributed by atoms with Crippen LogP contribution in [0.1, 0.15) is 44.1 Å².